The van der Waals surface area contributed by atoms with Crippen LogP contribution in [0.2, 0.25) is 0 Å². The molecule has 0 unspecified atom stereocenters. The lowest BCUT2D eigenvalue weighted by atomic mass is 10.0. The van der Waals surface area contributed by atoms with Gasteiger partial charge in [0.2, 0.25) is 0 Å². The van der Waals surface area contributed by atoms with Crippen LogP contribution in [-0.4, -0.2) is 17.0 Å². The van der Waals surface area contributed by atoms with Crippen molar-refractivity contribution in [1.29, 1.82) is 0 Å². The highest BCUT2D eigenvalue weighted by Gasteiger charge is 2.37. The van der Waals surface area contributed by atoms with Crippen LogP contribution in [-0.2, 0) is 17.6 Å². The molecule has 0 fully saturated rings. The summed E-state index contributed by atoms with van der Waals surface area (Å²) in [6, 6.07) is 7.36. The normalized spacial score (nSPS) is 11.5. The van der Waals surface area contributed by atoms with Gasteiger partial charge in [-0.2, -0.15) is 8.78 Å². The van der Waals surface area contributed by atoms with E-state index < -0.39 is 18.3 Å². The van der Waals surface area contributed by atoms with Gasteiger partial charge in [-0.15, -0.1) is 0 Å². The predicted octanol–water partition coefficient (Wildman–Crippen LogP) is 3.29. The summed E-state index contributed by atoms with van der Waals surface area (Å²) in [4.78, 5) is 10.2. The average molecular weight is 242 g/mol. The van der Waals surface area contributed by atoms with Crippen LogP contribution in [0.25, 0.3) is 0 Å². The Kier molecular flexibility index (Phi) is 4.61. The van der Waals surface area contributed by atoms with Crippen molar-refractivity contribution in [2.75, 3.05) is 0 Å². The third kappa shape index (κ3) is 4.13. The van der Waals surface area contributed by atoms with Gasteiger partial charge < -0.3 is 5.11 Å². The first-order valence-electron chi connectivity index (χ1n) is 5.64. The first-order valence-corrected chi connectivity index (χ1v) is 5.64. The van der Waals surface area contributed by atoms with Gasteiger partial charge in [-0.05, 0) is 24.0 Å². The minimum atomic E-state index is -3.64. The molecule has 0 radical (unpaired) electrons. The van der Waals surface area contributed by atoms with E-state index in [-0.39, 0.29) is 6.42 Å². The first kappa shape index (κ1) is 13.6. The fraction of sp³-hybridized carbons (Fsp3) is 0.462. The number of halogens is 2. The summed E-state index contributed by atoms with van der Waals surface area (Å²) in [6.45, 7) is 2.07. The van der Waals surface area contributed by atoms with Crippen LogP contribution in [0.15, 0.2) is 24.3 Å². The van der Waals surface area contributed by atoms with Crippen molar-refractivity contribution in [1.82, 2.24) is 0 Å². The maximum Gasteiger partial charge on any atom is 0.374 e. The number of carboxylic acids is 1. The monoisotopic (exact) mass is 242 g/mol. The second-order valence-corrected chi connectivity index (χ2v) is 4.08. The second kappa shape index (κ2) is 5.75. The number of aliphatic carboxylic acids is 1. The standard InChI is InChI=1S/C13H16F2O2/c1-2-3-10-4-6-11(7-5-10)8-9-13(14,15)12(16)17/h4-7H,2-3,8-9H2,1H3,(H,16,17). The highest BCUT2D eigenvalue weighted by Crippen LogP contribution is 2.21. The SMILES string of the molecule is CCCc1ccc(CCC(F)(F)C(=O)O)cc1. The molecule has 0 spiro atoms. The molecule has 1 aromatic carbocycles. The molecule has 0 amide bonds. The third-order valence-corrected chi connectivity index (χ3v) is 2.60. The van der Waals surface area contributed by atoms with Gasteiger partial charge in [0.25, 0.3) is 0 Å². The van der Waals surface area contributed by atoms with Crippen LogP contribution in [0.3, 0.4) is 0 Å². The average Bonchev–Trinajstić information content (AvgIpc) is 2.28. The second-order valence-electron chi connectivity index (χ2n) is 4.08. The molecule has 1 N–H and O–H groups in total. The fourth-order valence-electron chi connectivity index (χ4n) is 1.57. The van der Waals surface area contributed by atoms with Crippen molar-refractivity contribution in [3.05, 3.63) is 35.4 Å². The van der Waals surface area contributed by atoms with E-state index in [9.17, 15) is 13.6 Å². The molecule has 0 saturated carbocycles. The number of hydrogen-bond acceptors (Lipinski definition) is 1. The lowest BCUT2D eigenvalue weighted by Gasteiger charge is -2.10. The van der Waals surface area contributed by atoms with Crippen molar-refractivity contribution in [3.8, 4) is 0 Å². The largest absolute Gasteiger partial charge is 0.477 e. The third-order valence-electron chi connectivity index (χ3n) is 2.60. The smallest absolute Gasteiger partial charge is 0.374 e. The molecule has 0 bridgehead atoms. The Morgan fingerprint density at radius 1 is 1.18 bits per heavy atom. The van der Waals surface area contributed by atoms with Gasteiger partial charge in [0.1, 0.15) is 0 Å². The molecule has 0 heterocycles. The minimum absolute atomic E-state index is 0.0751. The Labute approximate surface area is 99.3 Å². The van der Waals surface area contributed by atoms with E-state index in [2.05, 4.69) is 6.92 Å². The lowest BCUT2D eigenvalue weighted by Crippen LogP contribution is -2.28. The van der Waals surface area contributed by atoms with E-state index in [0.717, 1.165) is 18.4 Å². The molecular weight excluding hydrogens is 226 g/mol. The Balaban J connectivity index is 2.55. The highest BCUT2D eigenvalue weighted by molar-refractivity contribution is 5.75. The summed E-state index contributed by atoms with van der Waals surface area (Å²) in [5.74, 6) is -5.69. The number of benzene rings is 1. The summed E-state index contributed by atoms with van der Waals surface area (Å²) in [5, 5.41) is 8.28. The van der Waals surface area contributed by atoms with Gasteiger partial charge in [0.15, 0.2) is 0 Å². The van der Waals surface area contributed by atoms with Gasteiger partial charge in [-0.1, -0.05) is 37.6 Å². The molecule has 0 atom stereocenters. The zero-order chi connectivity index (χ0) is 12.9. The Morgan fingerprint density at radius 2 is 1.65 bits per heavy atom. The van der Waals surface area contributed by atoms with E-state index in [1.807, 2.05) is 12.1 Å². The zero-order valence-corrected chi connectivity index (χ0v) is 9.75. The molecule has 4 heteroatoms. The minimum Gasteiger partial charge on any atom is -0.477 e. The van der Waals surface area contributed by atoms with Gasteiger partial charge in [-0.25, -0.2) is 4.79 Å². The van der Waals surface area contributed by atoms with Crippen molar-refractivity contribution in [2.24, 2.45) is 0 Å². The number of alkyl halides is 2. The van der Waals surface area contributed by atoms with E-state index in [0.29, 0.717) is 0 Å². The molecular formula is C13H16F2O2. The van der Waals surface area contributed by atoms with Gasteiger partial charge in [0.05, 0.1) is 0 Å². The van der Waals surface area contributed by atoms with Crippen molar-refractivity contribution < 1.29 is 18.7 Å². The summed E-state index contributed by atoms with van der Waals surface area (Å²) >= 11 is 0. The van der Waals surface area contributed by atoms with E-state index >= 15 is 0 Å². The van der Waals surface area contributed by atoms with Gasteiger partial charge in [-0.3, -0.25) is 0 Å². The zero-order valence-electron chi connectivity index (χ0n) is 9.75. The fourth-order valence-corrected chi connectivity index (χ4v) is 1.57. The lowest BCUT2D eigenvalue weighted by molar-refractivity contribution is -0.165. The topological polar surface area (TPSA) is 37.3 Å². The number of rotatable bonds is 6. The van der Waals surface area contributed by atoms with Crippen molar-refractivity contribution in [3.63, 3.8) is 0 Å². The Hall–Kier alpha value is -1.45. The molecule has 1 aromatic rings. The van der Waals surface area contributed by atoms with Crippen LogP contribution >= 0.6 is 0 Å². The molecule has 1 rings (SSSR count). The Morgan fingerprint density at radius 3 is 2.06 bits per heavy atom. The van der Waals surface area contributed by atoms with E-state index in [1.165, 1.54) is 5.56 Å². The van der Waals surface area contributed by atoms with Crippen molar-refractivity contribution in [2.45, 2.75) is 38.5 Å². The molecule has 0 saturated heterocycles. The molecule has 17 heavy (non-hydrogen) atoms. The van der Waals surface area contributed by atoms with Crippen LogP contribution in [0.4, 0.5) is 8.78 Å². The van der Waals surface area contributed by atoms with E-state index in [1.54, 1.807) is 12.1 Å². The summed E-state index contributed by atoms with van der Waals surface area (Å²) < 4.78 is 25.7. The van der Waals surface area contributed by atoms with Crippen molar-refractivity contribution >= 4 is 5.97 Å². The van der Waals surface area contributed by atoms with Crippen LogP contribution in [0, 0.1) is 0 Å². The van der Waals surface area contributed by atoms with Gasteiger partial charge >= 0.3 is 11.9 Å². The quantitative estimate of drug-likeness (QED) is 0.831. The maximum atomic E-state index is 12.8. The predicted molar refractivity (Wildman–Crippen MR) is 61.3 cm³/mol. The summed E-state index contributed by atoms with van der Waals surface area (Å²) in [5.41, 5.74) is 1.91. The van der Waals surface area contributed by atoms with Crippen LogP contribution < -0.4 is 0 Å². The number of hydrogen-bond donors (Lipinski definition) is 1. The van der Waals surface area contributed by atoms with E-state index in [4.69, 9.17) is 5.11 Å². The molecule has 2 nitrogen and oxygen atoms in total. The maximum absolute atomic E-state index is 12.8. The molecule has 94 valence electrons. The number of aryl methyl sites for hydroxylation is 2. The van der Waals surface area contributed by atoms with Crippen LogP contribution in [0.1, 0.15) is 30.9 Å². The summed E-state index contributed by atoms with van der Waals surface area (Å²) in [7, 11) is 0. The molecule has 0 aromatic heterocycles. The molecule has 0 aliphatic carbocycles. The Bertz CT molecular complexity index is 372. The highest BCUT2D eigenvalue weighted by atomic mass is 19.3. The molecule has 0 aliphatic heterocycles. The molecule has 0 aliphatic rings. The van der Waals surface area contributed by atoms with Crippen LogP contribution in [0.5, 0.6) is 0 Å². The van der Waals surface area contributed by atoms with Gasteiger partial charge in [0, 0.05) is 6.42 Å². The number of carbonyl (C=O) groups is 1. The summed E-state index contributed by atoms with van der Waals surface area (Å²) in [6.07, 6.45) is 1.42. The first-order chi connectivity index (χ1) is 7.95. The number of carboxylic acid groups (broad SMARTS) is 1.